The first kappa shape index (κ1) is 12.0. The summed E-state index contributed by atoms with van der Waals surface area (Å²) in [5.41, 5.74) is 0. The van der Waals surface area contributed by atoms with Gasteiger partial charge < -0.3 is 10.0 Å². The standard InChI is InChI=1S/C11H19NO3/c1-4-7(2)6-12(3)10(13)8-5-9(8)11(14)15/h7-9H,4-6H2,1-3H3,(H,14,15). The molecule has 4 heteroatoms. The number of carboxylic acid groups (broad SMARTS) is 1. The molecule has 1 rings (SSSR count). The topological polar surface area (TPSA) is 57.6 Å². The zero-order chi connectivity index (χ0) is 11.6. The van der Waals surface area contributed by atoms with Gasteiger partial charge in [0.2, 0.25) is 5.91 Å². The van der Waals surface area contributed by atoms with Crippen LogP contribution in [-0.2, 0) is 9.59 Å². The molecule has 1 aliphatic carbocycles. The molecule has 0 bridgehead atoms. The van der Waals surface area contributed by atoms with E-state index in [1.807, 2.05) is 0 Å². The second-order valence-electron chi connectivity index (χ2n) is 4.52. The van der Waals surface area contributed by atoms with Crippen LogP contribution in [0.4, 0.5) is 0 Å². The third-order valence-electron chi connectivity index (χ3n) is 3.08. The molecule has 0 aromatic carbocycles. The number of hydrogen-bond donors (Lipinski definition) is 1. The van der Waals surface area contributed by atoms with Crippen molar-refractivity contribution in [2.75, 3.05) is 13.6 Å². The minimum Gasteiger partial charge on any atom is -0.481 e. The molecule has 0 saturated heterocycles. The van der Waals surface area contributed by atoms with Crippen molar-refractivity contribution in [1.29, 1.82) is 0 Å². The summed E-state index contributed by atoms with van der Waals surface area (Å²) in [7, 11) is 1.76. The van der Waals surface area contributed by atoms with Gasteiger partial charge in [0.25, 0.3) is 0 Å². The number of hydrogen-bond acceptors (Lipinski definition) is 2. The first-order chi connectivity index (χ1) is 6.97. The summed E-state index contributed by atoms with van der Waals surface area (Å²) in [5.74, 6) is -1.08. The number of carboxylic acids is 1. The molecule has 4 nitrogen and oxygen atoms in total. The van der Waals surface area contributed by atoms with Crippen LogP contribution in [0.2, 0.25) is 0 Å². The van der Waals surface area contributed by atoms with E-state index in [1.165, 1.54) is 0 Å². The Kier molecular flexibility index (Phi) is 3.72. The van der Waals surface area contributed by atoms with Gasteiger partial charge in [0.1, 0.15) is 0 Å². The Morgan fingerprint density at radius 1 is 1.47 bits per heavy atom. The molecular formula is C11H19NO3. The predicted molar refractivity (Wildman–Crippen MR) is 56.3 cm³/mol. The van der Waals surface area contributed by atoms with Crippen LogP contribution in [0.5, 0.6) is 0 Å². The SMILES string of the molecule is CCC(C)CN(C)C(=O)C1CC1C(=O)O. The van der Waals surface area contributed by atoms with E-state index in [4.69, 9.17) is 5.11 Å². The second-order valence-corrected chi connectivity index (χ2v) is 4.52. The molecule has 1 N–H and O–H groups in total. The van der Waals surface area contributed by atoms with Crippen molar-refractivity contribution >= 4 is 11.9 Å². The Morgan fingerprint density at radius 2 is 2.07 bits per heavy atom. The number of nitrogens with zero attached hydrogens (tertiary/aromatic N) is 1. The number of amides is 1. The van der Waals surface area contributed by atoms with E-state index in [0.717, 1.165) is 13.0 Å². The highest BCUT2D eigenvalue weighted by Gasteiger charge is 2.49. The minimum absolute atomic E-state index is 0.0114. The van der Waals surface area contributed by atoms with Gasteiger partial charge in [-0.15, -0.1) is 0 Å². The molecular weight excluding hydrogens is 194 g/mol. The molecule has 0 spiro atoms. The van der Waals surface area contributed by atoms with Crippen LogP contribution in [0, 0.1) is 17.8 Å². The van der Waals surface area contributed by atoms with Crippen molar-refractivity contribution in [2.45, 2.75) is 26.7 Å². The van der Waals surface area contributed by atoms with Crippen LogP contribution >= 0.6 is 0 Å². The highest BCUT2D eigenvalue weighted by Crippen LogP contribution is 2.39. The number of aliphatic carboxylic acids is 1. The molecule has 1 saturated carbocycles. The van der Waals surface area contributed by atoms with Crippen molar-refractivity contribution in [3.63, 3.8) is 0 Å². The van der Waals surface area contributed by atoms with Gasteiger partial charge in [-0.05, 0) is 12.3 Å². The van der Waals surface area contributed by atoms with E-state index in [9.17, 15) is 9.59 Å². The zero-order valence-electron chi connectivity index (χ0n) is 9.56. The van der Waals surface area contributed by atoms with E-state index in [-0.39, 0.29) is 11.8 Å². The average molecular weight is 213 g/mol. The van der Waals surface area contributed by atoms with Crippen LogP contribution in [0.25, 0.3) is 0 Å². The van der Waals surface area contributed by atoms with E-state index < -0.39 is 11.9 Å². The lowest BCUT2D eigenvalue weighted by molar-refractivity contribution is -0.141. The van der Waals surface area contributed by atoms with Gasteiger partial charge in [-0.1, -0.05) is 20.3 Å². The summed E-state index contributed by atoms with van der Waals surface area (Å²) >= 11 is 0. The highest BCUT2D eigenvalue weighted by atomic mass is 16.4. The van der Waals surface area contributed by atoms with Gasteiger partial charge in [0.05, 0.1) is 11.8 Å². The number of carbonyl (C=O) groups excluding carboxylic acids is 1. The first-order valence-corrected chi connectivity index (χ1v) is 5.45. The van der Waals surface area contributed by atoms with Crippen molar-refractivity contribution in [3.05, 3.63) is 0 Å². The van der Waals surface area contributed by atoms with Gasteiger partial charge in [-0.2, -0.15) is 0 Å². The summed E-state index contributed by atoms with van der Waals surface area (Å²) in [4.78, 5) is 24.0. The molecule has 86 valence electrons. The number of carbonyl (C=O) groups is 2. The quantitative estimate of drug-likeness (QED) is 0.746. The number of rotatable bonds is 5. The summed E-state index contributed by atoms with van der Waals surface area (Å²) in [6, 6.07) is 0. The zero-order valence-corrected chi connectivity index (χ0v) is 9.56. The minimum atomic E-state index is -0.842. The fourth-order valence-electron chi connectivity index (χ4n) is 1.71. The summed E-state index contributed by atoms with van der Waals surface area (Å²) in [5, 5.41) is 8.71. The van der Waals surface area contributed by atoms with Crippen LogP contribution < -0.4 is 0 Å². The van der Waals surface area contributed by atoms with Gasteiger partial charge in [0, 0.05) is 13.6 Å². The molecule has 0 aromatic rings. The lowest BCUT2D eigenvalue weighted by Crippen LogP contribution is -2.32. The predicted octanol–water partition coefficient (Wildman–Crippen LogP) is 1.21. The molecule has 3 unspecified atom stereocenters. The van der Waals surface area contributed by atoms with Crippen molar-refractivity contribution in [1.82, 2.24) is 4.90 Å². The molecule has 0 heterocycles. The molecule has 0 aliphatic heterocycles. The summed E-state index contributed by atoms with van der Waals surface area (Å²) in [6.07, 6.45) is 1.55. The van der Waals surface area contributed by atoms with E-state index in [1.54, 1.807) is 11.9 Å². The third-order valence-corrected chi connectivity index (χ3v) is 3.08. The maximum Gasteiger partial charge on any atom is 0.307 e. The van der Waals surface area contributed by atoms with Crippen molar-refractivity contribution < 1.29 is 14.7 Å². The normalized spacial score (nSPS) is 25.8. The lowest BCUT2D eigenvalue weighted by atomic mass is 10.1. The second kappa shape index (κ2) is 4.64. The molecule has 3 atom stereocenters. The largest absolute Gasteiger partial charge is 0.481 e. The Bertz CT molecular complexity index is 265. The Hall–Kier alpha value is -1.06. The molecule has 0 radical (unpaired) electrons. The van der Waals surface area contributed by atoms with Gasteiger partial charge >= 0.3 is 5.97 Å². The van der Waals surface area contributed by atoms with Crippen molar-refractivity contribution in [3.8, 4) is 0 Å². The highest BCUT2D eigenvalue weighted by molar-refractivity contribution is 5.89. The monoisotopic (exact) mass is 213 g/mol. The van der Waals surface area contributed by atoms with E-state index >= 15 is 0 Å². The van der Waals surface area contributed by atoms with Gasteiger partial charge in [0.15, 0.2) is 0 Å². The average Bonchev–Trinajstić information content (AvgIpc) is 2.95. The molecule has 1 fully saturated rings. The summed E-state index contributed by atoms with van der Waals surface area (Å²) < 4.78 is 0. The Balaban J connectivity index is 2.38. The van der Waals surface area contributed by atoms with Gasteiger partial charge in [-0.25, -0.2) is 0 Å². The van der Waals surface area contributed by atoms with Crippen LogP contribution in [-0.4, -0.2) is 35.5 Å². The van der Waals surface area contributed by atoms with Crippen molar-refractivity contribution in [2.24, 2.45) is 17.8 Å². The van der Waals surface area contributed by atoms with Gasteiger partial charge in [-0.3, -0.25) is 9.59 Å². The molecule has 15 heavy (non-hydrogen) atoms. The Labute approximate surface area is 90.3 Å². The lowest BCUT2D eigenvalue weighted by Gasteiger charge is -2.20. The maximum atomic E-state index is 11.7. The molecule has 1 aliphatic rings. The van der Waals surface area contributed by atoms with Crippen LogP contribution in [0.1, 0.15) is 26.7 Å². The van der Waals surface area contributed by atoms with Crippen LogP contribution in [0.3, 0.4) is 0 Å². The third kappa shape index (κ3) is 2.94. The van der Waals surface area contributed by atoms with Crippen LogP contribution in [0.15, 0.2) is 0 Å². The first-order valence-electron chi connectivity index (χ1n) is 5.45. The maximum absolute atomic E-state index is 11.7. The molecule has 1 amide bonds. The fraction of sp³-hybridized carbons (Fsp3) is 0.818. The van der Waals surface area contributed by atoms with E-state index in [0.29, 0.717) is 12.3 Å². The Morgan fingerprint density at radius 3 is 2.47 bits per heavy atom. The summed E-state index contributed by atoms with van der Waals surface area (Å²) in [6.45, 7) is 4.89. The molecule has 0 aromatic heterocycles. The smallest absolute Gasteiger partial charge is 0.307 e. The fourth-order valence-corrected chi connectivity index (χ4v) is 1.71. The van der Waals surface area contributed by atoms with E-state index in [2.05, 4.69) is 13.8 Å².